The number of amides is 1. The minimum atomic E-state index is -0.151. The van der Waals surface area contributed by atoms with Crippen LogP contribution in [0, 0.1) is 6.92 Å². The topological polar surface area (TPSA) is 111 Å². The zero-order valence-electron chi connectivity index (χ0n) is 14.5. The van der Waals surface area contributed by atoms with Crippen LogP contribution in [0.5, 0.6) is 0 Å². The van der Waals surface area contributed by atoms with Crippen molar-refractivity contribution in [2.45, 2.75) is 6.92 Å². The Kier molecular flexibility index (Phi) is 4.71. The lowest BCUT2D eigenvalue weighted by Crippen LogP contribution is -2.28. The Morgan fingerprint density at radius 1 is 1.07 bits per heavy atom. The number of rotatable bonds is 6. The summed E-state index contributed by atoms with van der Waals surface area (Å²) in [6.07, 6.45) is 1.83. The van der Waals surface area contributed by atoms with Gasteiger partial charge in [0.15, 0.2) is 5.82 Å². The summed E-state index contributed by atoms with van der Waals surface area (Å²) >= 11 is 1.13. The fourth-order valence-electron chi connectivity index (χ4n) is 2.48. The lowest BCUT2D eigenvalue weighted by atomic mass is 10.2. The number of anilines is 1. The fourth-order valence-corrected chi connectivity index (χ4v) is 2.99. The van der Waals surface area contributed by atoms with Crippen LogP contribution >= 0.6 is 11.7 Å². The van der Waals surface area contributed by atoms with Crippen LogP contribution in [-0.2, 0) is 0 Å². The van der Waals surface area contributed by atoms with E-state index in [-0.39, 0.29) is 5.91 Å². The molecule has 27 heavy (non-hydrogen) atoms. The molecule has 0 saturated carbocycles. The van der Waals surface area contributed by atoms with Gasteiger partial charge >= 0.3 is 0 Å². The molecular weight excluding hydrogens is 364 g/mol. The molecule has 2 N–H and O–H groups in total. The van der Waals surface area contributed by atoms with E-state index in [4.69, 9.17) is 0 Å². The number of nitrogens with zero attached hydrogens (tertiary/aromatic N) is 6. The van der Waals surface area contributed by atoms with Gasteiger partial charge in [0.2, 0.25) is 0 Å². The van der Waals surface area contributed by atoms with Gasteiger partial charge in [0.05, 0.1) is 17.4 Å². The first-order chi connectivity index (χ1) is 13.2. The predicted molar refractivity (Wildman–Crippen MR) is 102 cm³/mol. The third-order valence-corrected chi connectivity index (χ3v) is 4.40. The molecule has 0 aliphatic carbocycles. The number of aromatic nitrogens is 6. The average molecular weight is 380 g/mol. The summed E-state index contributed by atoms with van der Waals surface area (Å²) in [6, 6.07) is 10.8. The van der Waals surface area contributed by atoms with Crippen LogP contribution in [0.2, 0.25) is 0 Å². The molecule has 0 aliphatic heterocycles. The third kappa shape index (κ3) is 3.90. The maximum atomic E-state index is 12.2. The molecule has 0 radical (unpaired) electrons. The first kappa shape index (κ1) is 17.0. The molecule has 4 aromatic rings. The fraction of sp³-hybridized carbons (Fsp3) is 0.176. The number of benzene rings is 1. The van der Waals surface area contributed by atoms with Crippen LogP contribution in [-0.4, -0.2) is 47.7 Å². The average Bonchev–Trinajstić information content (AvgIpc) is 3.33. The SMILES string of the molecule is Cc1ccn(-c2ccc(NCCNC(=O)c3ccc4nsnc4c3)nn2)n1. The van der Waals surface area contributed by atoms with E-state index < -0.39 is 0 Å². The van der Waals surface area contributed by atoms with Crippen LogP contribution in [0.3, 0.4) is 0 Å². The van der Waals surface area contributed by atoms with Gasteiger partial charge in [-0.2, -0.15) is 13.8 Å². The molecular formula is C17H16N8OS. The molecule has 0 aliphatic rings. The van der Waals surface area contributed by atoms with Gasteiger partial charge in [-0.05, 0) is 43.3 Å². The maximum Gasteiger partial charge on any atom is 0.251 e. The molecule has 0 spiro atoms. The number of carbonyl (C=O) groups is 1. The number of nitrogens with one attached hydrogen (secondary N) is 2. The van der Waals surface area contributed by atoms with Gasteiger partial charge in [-0.3, -0.25) is 4.79 Å². The minimum absolute atomic E-state index is 0.151. The van der Waals surface area contributed by atoms with Crippen molar-refractivity contribution < 1.29 is 4.79 Å². The molecule has 136 valence electrons. The van der Waals surface area contributed by atoms with E-state index in [2.05, 4.69) is 34.7 Å². The van der Waals surface area contributed by atoms with Gasteiger partial charge in [-0.1, -0.05) is 0 Å². The normalized spacial score (nSPS) is 10.9. The third-order valence-electron chi connectivity index (χ3n) is 3.84. The van der Waals surface area contributed by atoms with Crippen LogP contribution in [0.25, 0.3) is 16.9 Å². The lowest BCUT2D eigenvalue weighted by molar-refractivity contribution is 0.0955. The first-order valence-electron chi connectivity index (χ1n) is 8.30. The standard InChI is InChI=1S/C17H16N8OS/c1-11-6-9-25(22-11)16-5-4-15(20-21-16)18-7-8-19-17(26)12-2-3-13-14(10-12)24-27-23-13/h2-6,9-10H,7-8H2,1H3,(H,18,20)(H,19,26). The molecule has 0 unspecified atom stereocenters. The zero-order valence-corrected chi connectivity index (χ0v) is 15.3. The summed E-state index contributed by atoms with van der Waals surface area (Å²) in [5.41, 5.74) is 3.01. The second-order valence-corrected chi connectivity index (χ2v) is 6.36. The van der Waals surface area contributed by atoms with E-state index in [0.717, 1.165) is 28.5 Å². The molecule has 0 bridgehead atoms. The van der Waals surface area contributed by atoms with Crippen LogP contribution in [0.15, 0.2) is 42.6 Å². The molecule has 0 fully saturated rings. The predicted octanol–water partition coefficient (Wildman–Crippen LogP) is 1.82. The van der Waals surface area contributed by atoms with Crippen LogP contribution in [0.1, 0.15) is 16.1 Å². The molecule has 0 saturated heterocycles. The summed E-state index contributed by atoms with van der Waals surface area (Å²) in [4.78, 5) is 12.2. The Bertz CT molecular complexity index is 1070. The number of fused-ring (bicyclic) bond motifs is 1. The second kappa shape index (κ2) is 7.46. The van der Waals surface area contributed by atoms with Crippen molar-refractivity contribution in [2.24, 2.45) is 0 Å². The Morgan fingerprint density at radius 3 is 2.74 bits per heavy atom. The molecule has 9 nitrogen and oxygen atoms in total. The highest BCUT2D eigenvalue weighted by molar-refractivity contribution is 7.00. The first-order valence-corrected chi connectivity index (χ1v) is 9.03. The molecule has 0 atom stereocenters. The van der Waals surface area contributed by atoms with Gasteiger partial charge in [0.25, 0.3) is 5.91 Å². The molecule has 10 heteroatoms. The number of carbonyl (C=O) groups excluding carboxylic acids is 1. The number of hydrogen-bond donors (Lipinski definition) is 2. The van der Waals surface area contributed by atoms with E-state index in [1.807, 2.05) is 31.3 Å². The van der Waals surface area contributed by atoms with Gasteiger partial charge in [-0.15, -0.1) is 10.2 Å². The highest BCUT2D eigenvalue weighted by atomic mass is 32.1. The van der Waals surface area contributed by atoms with Gasteiger partial charge in [0, 0.05) is 24.8 Å². The van der Waals surface area contributed by atoms with Crippen molar-refractivity contribution in [2.75, 3.05) is 18.4 Å². The lowest BCUT2D eigenvalue weighted by Gasteiger charge is -2.07. The summed E-state index contributed by atoms with van der Waals surface area (Å²) in [7, 11) is 0. The maximum absolute atomic E-state index is 12.2. The van der Waals surface area contributed by atoms with Crippen molar-refractivity contribution >= 4 is 34.5 Å². The smallest absolute Gasteiger partial charge is 0.251 e. The van der Waals surface area contributed by atoms with Gasteiger partial charge < -0.3 is 10.6 Å². The van der Waals surface area contributed by atoms with E-state index in [1.54, 1.807) is 22.9 Å². The number of aryl methyl sites for hydroxylation is 1. The molecule has 3 heterocycles. The van der Waals surface area contributed by atoms with Crippen molar-refractivity contribution in [3.8, 4) is 5.82 Å². The molecule has 3 aromatic heterocycles. The van der Waals surface area contributed by atoms with Crippen molar-refractivity contribution in [1.29, 1.82) is 0 Å². The quantitative estimate of drug-likeness (QED) is 0.491. The Morgan fingerprint density at radius 2 is 1.96 bits per heavy atom. The van der Waals surface area contributed by atoms with Crippen molar-refractivity contribution in [3.63, 3.8) is 0 Å². The Labute approximate surface area is 158 Å². The zero-order chi connectivity index (χ0) is 18.6. The van der Waals surface area contributed by atoms with Crippen LogP contribution < -0.4 is 10.6 Å². The second-order valence-electron chi connectivity index (χ2n) is 5.83. The minimum Gasteiger partial charge on any atom is -0.367 e. The molecule has 1 aromatic carbocycles. The monoisotopic (exact) mass is 380 g/mol. The van der Waals surface area contributed by atoms with Gasteiger partial charge in [-0.25, -0.2) is 4.68 Å². The highest BCUT2D eigenvalue weighted by Gasteiger charge is 2.08. The van der Waals surface area contributed by atoms with E-state index in [9.17, 15) is 4.79 Å². The van der Waals surface area contributed by atoms with Gasteiger partial charge in [0.1, 0.15) is 16.9 Å². The summed E-state index contributed by atoms with van der Waals surface area (Å²) < 4.78 is 9.94. The van der Waals surface area contributed by atoms with E-state index in [1.165, 1.54) is 0 Å². The highest BCUT2D eigenvalue weighted by Crippen LogP contribution is 2.13. The summed E-state index contributed by atoms with van der Waals surface area (Å²) in [5.74, 6) is 1.13. The number of hydrogen-bond acceptors (Lipinski definition) is 8. The summed E-state index contributed by atoms with van der Waals surface area (Å²) in [6.45, 7) is 2.90. The van der Waals surface area contributed by atoms with E-state index >= 15 is 0 Å². The van der Waals surface area contributed by atoms with Crippen molar-refractivity contribution in [3.05, 3.63) is 53.9 Å². The Balaban J connectivity index is 1.27. The van der Waals surface area contributed by atoms with E-state index in [0.29, 0.717) is 30.3 Å². The van der Waals surface area contributed by atoms with Crippen LogP contribution in [0.4, 0.5) is 5.82 Å². The largest absolute Gasteiger partial charge is 0.367 e. The molecule has 4 rings (SSSR count). The Hall–Kier alpha value is -3.40. The summed E-state index contributed by atoms with van der Waals surface area (Å²) in [5, 5.41) is 18.5. The van der Waals surface area contributed by atoms with Crippen molar-refractivity contribution in [1.82, 2.24) is 34.0 Å². The molecule has 1 amide bonds.